The first-order valence-electron chi connectivity index (χ1n) is 27.7. The normalized spacial score (nSPS) is 10.2. The second-order valence-corrected chi connectivity index (χ2v) is 18.5. The quantitative estimate of drug-likeness (QED) is 0.0130. The van der Waals surface area contributed by atoms with E-state index in [9.17, 15) is 47.9 Å². The van der Waals surface area contributed by atoms with Gasteiger partial charge in [-0.15, -0.1) is 0 Å². The molecule has 0 aliphatic rings. The molecule has 0 radical (unpaired) electrons. The Kier molecular flexibility index (Phi) is 41.9. The third kappa shape index (κ3) is 41.7. The Bertz CT molecular complexity index is 2620. The maximum absolute atomic E-state index is 11.7. The second kappa shape index (κ2) is 47.4. The number of carbonyl (C=O) groups is 10. The first-order chi connectivity index (χ1) is 40.8. The lowest BCUT2D eigenvalue weighted by Crippen LogP contribution is -2.28. The minimum absolute atomic E-state index is 0.0100. The number of likely N-dealkylation sites (N-methyl/N-ethyl adjacent to an activating group) is 2. The molecule has 0 spiro atoms. The van der Waals surface area contributed by atoms with E-state index in [1.807, 2.05) is 52.1 Å². The van der Waals surface area contributed by atoms with Crippen molar-refractivity contribution < 1.29 is 76.4 Å². The predicted molar refractivity (Wildman–Crippen MR) is 322 cm³/mol. The van der Waals surface area contributed by atoms with Crippen LogP contribution >= 0.6 is 0 Å². The number of hydrogen-bond acceptors (Lipinski definition) is 19. The third-order valence-electron chi connectivity index (χ3n) is 10.6. The lowest BCUT2D eigenvalue weighted by molar-refractivity contribution is -0.134. The van der Waals surface area contributed by atoms with E-state index in [2.05, 4.69) is 47.3 Å². The van der Waals surface area contributed by atoms with Gasteiger partial charge < -0.3 is 65.6 Å². The Morgan fingerprint density at radius 3 is 1.27 bits per heavy atom. The molecule has 0 aliphatic carbocycles. The zero-order valence-corrected chi connectivity index (χ0v) is 50.2. The summed E-state index contributed by atoms with van der Waals surface area (Å²) >= 11 is 0. The van der Waals surface area contributed by atoms with Gasteiger partial charge in [0, 0.05) is 68.8 Å². The van der Waals surface area contributed by atoms with Crippen LogP contribution in [0.2, 0.25) is 0 Å². The van der Waals surface area contributed by atoms with Gasteiger partial charge in [0.25, 0.3) is 0 Å². The Balaban J connectivity index is 0.000000580. The van der Waals surface area contributed by atoms with Crippen LogP contribution in [0, 0.1) is 0 Å². The summed E-state index contributed by atoms with van der Waals surface area (Å²) in [6.07, 6.45) is 0.610. The van der Waals surface area contributed by atoms with Crippen LogP contribution in [0.5, 0.6) is 0 Å². The second-order valence-electron chi connectivity index (χ2n) is 18.5. The summed E-state index contributed by atoms with van der Waals surface area (Å²) in [6, 6.07) is 28.6. The summed E-state index contributed by atoms with van der Waals surface area (Å²) in [6.45, 7) is 17.4. The Morgan fingerprint density at radius 2 is 0.847 bits per heavy atom. The zero-order valence-electron chi connectivity index (χ0n) is 50.2. The largest absolute Gasteiger partial charge is 0.419 e. The van der Waals surface area contributed by atoms with Gasteiger partial charge in [-0.2, -0.15) is 0 Å². The van der Waals surface area contributed by atoms with Crippen LogP contribution in [-0.2, 0) is 92.8 Å². The molecule has 0 aliphatic heterocycles. The van der Waals surface area contributed by atoms with E-state index < -0.39 is 12.1 Å². The molecule has 0 heterocycles. The summed E-state index contributed by atoms with van der Waals surface area (Å²) in [5, 5.41) is 22.4. The van der Waals surface area contributed by atoms with Gasteiger partial charge in [0.05, 0.1) is 26.4 Å². The van der Waals surface area contributed by atoms with E-state index in [1.54, 1.807) is 72.8 Å². The van der Waals surface area contributed by atoms with Crippen LogP contribution in [0.15, 0.2) is 97.1 Å². The topological polar surface area (TPSA) is 322 Å². The molecule has 4 aromatic rings. The highest BCUT2D eigenvalue weighted by Gasteiger charge is 2.10. The fourth-order valence-electron chi connectivity index (χ4n) is 6.41. The van der Waals surface area contributed by atoms with Crippen molar-refractivity contribution in [3.63, 3.8) is 0 Å². The number of amides is 5. The number of esters is 1. The van der Waals surface area contributed by atoms with Gasteiger partial charge in [-0.3, -0.25) is 48.5 Å². The lowest BCUT2D eigenvalue weighted by atomic mass is 10.1. The molecule has 4 rings (SSSR count). The minimum Gasteiger partial charge on any atom is -0.379 e. The molecule has 0 saturated carbocycles. The Hall–Kier alpha value is -7.94. The monoisotopic (exact) mass is 1190 g/mol. The highest BCUT2D eigenvalue weighted by molar-refractivity contribution is 5.95. The number of ketones is 4. The molecular formula is C61H86N8O16. The van der Waals surface area contributed by atoms with Crippen LogP contribution < -0.4 is 42.5 Å². The molecule has 0 bridgehead atoms. The summed E-state index contributed by atoms with van der Waals surface area (Å²) in [4.78, 5) is 112. The SMILES string of the molecule is CCCOCCOCC(=O)NCc1ccc(NC(=O)COCC(C)=O)cc1.CCNCC(=O)Cc1ccc(C(C)=O)cc1.CCNCc1ccc(NC(=O)OC(C)=O)cc1.CNCCOCC(=O)NCc1ccc(NC(=O)COCC(C)=O)cc1. The van der Waals surface area contributed by atoms with E-state index in [0.717, 1.165) is 48.3 Å². The highest BCUT2D eigenvalue weighted by atomic mass is 16.6. The zero-order chi connectivity index (χ0) is 63.0. The van der Waals surface area contributed by atoms with Crippen LogP contribution in [0.1, 0.15) is 87.5 Å². The molecule has 8 N–H and O–H groups in total. The van der Waals surface area contributed by atoms with Crippen molar-refractivity contribution >= 4 is 75.9 Å². The van der Waals surface area contributed by atoms with E-state index in [-0.39, 0.29) is 86.4 Å². The maximum Gasteiger partial charge on any atom is 0.419 e. The Morgan fingerprint density at radius 1 is 0.424 bits per heavy atom. The number of Topliss-reactive ketones (excluding diaryl/α,β-unsaturated/α-hetero) is 4. The summed E-state index contributed by atoms with van der Waals surface area (Å²) < 4.78 is 29.9. The molecule has 24 nitrogen and oxygen atoms in total. The van der Waals surface area contributed by atoms with Gasteiger partial charge in [0.15, 0.2) is 23.1 Å². The van der Waals surface area contributed by atoms with E-state index in [0.29, 0.717) is 81.7 Å². The standard InChI is InChI=1S/C19H28N2O6.C17H25N3O5.C13H17NO2.C12H16N2O3/c1-3-8-25-9-10-26-13-18(23)20-11-16-4-6-17(7-5-16)21-19(24)14-27-12-15(2)22;1-13(21)10-25-12-17(23)20-15-5-3-14(4-6-15)9-19-16(22)11-24-8-7-18-2;1-3-14-9-13(16)8-11-4-6-12(7-5-11)10(2)15;1-3-13-8-10-4-6-11(7-5-10)14-12(16)17-9(2)15/h4-7H,3,8-14H2,1-2H3,(H,20,23)(H,21,24);3-6,18H,7-12H2,1-2H3,(H,19,22)(H,20,23);4-7,14H,3,8-9H2,1-2H3;4-7,13H,3,8H2,1-2H3,(H,14,16). The van der Waals surface area contributed by atoms with Gasteiger partial charge in [0.1, 0.15) is 39.6 Å². The molecule has 85 heavy (non-hydrogen) atoms. The molecule has 0 unspecified atom stereocenters. The van der Waals surface area contributed by atoms with Crippen molar-refractivity contribution in [3.05, 3.63) is 125 Å². The third-order valence-corrected chi connectivity index (χ3v) is 10.6. The molecule has 24 heteroatoms. The van der Waals surface area contributed by atoms with Crippen LogP contribution in [0.4, 0.5) is 21.9 Å². The van der Waals surface area contributed by atoms with Gasteiger partial charge >= 0.3 is 12.1 Å². The number of hydrogen-bond donors (Lipinski definition) is 8. The van der Waals surface area contributed by atoms with Crippen LogP contribution in [0.3, 0.4) is 0 Å². The fraction of sp³-hybridized carbons (Fsp3) is 0.443. The molecule has 0 fully saturated rings. The smallest absolute Gasteiger partial charge is 0.379 e. The summed E-state index contributed by atoms with van der Waals surface area (Å²) in [5.74, 6) is -1.75. The van der Waals surface area contributed by atoms with Crippen molar-refractivity contribution in [3.8, 4) is 0 Å². The predicted octanol–water partition coefficient (Wildman–Crippen LogP) is 4.87. The first-order valence-corrected chi connectivity index (χ1v) is 27.7. The van der Waals surface area contributed by atoms with E-state index >= 15 is 0 Å². The summed E-state index contributed by atoms with van der Waals surface area (Å²) in [5.41, 5.74) is 6.36. The fourth-order valence-corrected chi connectivity index (χ4v) is 6.41. The molecule has 0 atom stereocenters. The maximum atomic E-state index is 11.7. The summed E-state index contributed by atoms with van der Waals surface area (Å²) in [7, 11) is 1.81. The van der Waals surface area contributed by atoms with Crippen LogP contribution in [0.25, 0.3) is 0 Å². The Labute approximate surface area is 498 Å². The van der Waals surface area contributed by atoms with Crippen molar-refractivity contribution in [2.45, 2.75) is 80.9 Å². The number of carbonyl (C=O) groups excluding carboxylic acids is 10. The van der Waals surface area contributed by atoms with Gasteiger partial charge in [-0.25, -0.2) is 4.79 Å². The number of rotatable bonds is 36. The molecule has 5 amide bonds. The van der Waals surface area contributed by atoms with Gasteiger partial charge in [0.2, 0.25) is 23.6 Å². The van der Waals surface area contributed by atoms with Crippen molar-refractivity contribution in [2.75, 3.05) is 115 Å². The van der Waals surface area contributed by atoms with Crippen molar-refractivity contribution in [1.82, 2.24) is 26.6 Å². The van der Waals surface area contributed by atoms with Gasteiger partial charge in [-0.05, 0) is 106 Å². The average Bonchev–Trinajstić information content (AvgIpc) is 3.57. The number of nitrogens with one attached hydrogen (secondary N) is 8. The molecule has 466 valence electrons. The molecule has 4 aromatic carbocycles. The molecular weight excluding hydrogens is 1100 g/mol. The van der Waals surface area contributed by atoms with Crippen molar-refractivity contribution in [2.24, 2.45) is 0 Å². The first kappa shape index (κ1) is 75.1. The number of anilines is 3. The number of ether oxygens (including phenoxy) is 6. The molecule has 0 saturated heterocycles. The van der Waals surface area contributed by atoms with Crippen LogP contribution in [-0.4, -0.2) is 158 Å². The molecule has 0 aromatic heterocycles. The van der Waals surface area contributed by atoms with E-state index in [4.69, 9.17) is 23.7 Å². The minimum atomic E-state index is -0.767. The van der Waals surface area contributed by atoms with E-state index in [1.165, 1.54) is 27.7 Å². The van der Waals surface area contributed by atoms with Crippen molar-refractivity contribution in [1.29, 1.82) is 0 Å². The lowest BCUT2D eigenvalue weighted by Gasteiger charge is -2.08. The van der Waals surface area contributed by atoms with Gasteiger partial charge in [-0.1, -0.05) is 81.4 Å². The average molecular weight is 1190 g/mol. The highest BCUT2D eigenvalue weighted by Crippen LogP contribution is 2.12. The number of benzene rings is 4.